The Morgan fingerprint density at radius 2 is 1.47 bits per heavy atom. The van der Waals surface area contributed by atoms with E-state index in [4.69, 9.17) is 9.47 Å². The fraction of sp³-hybridized carbons (Fsp3) is 0.296. The van der Waals surface area contributed by atoms with Crippen LogP contribution in [0.3, 0.4) is 0 Å². The number of carbonyl (C=O) groups is 1. The fourth-order valence-corrected chi connectivity index (χ4v) is 5.98. The minimum atomic E-state index is -3.80. The van der Waals surface area contributed by atoms with Gasteiger partial charge in [0, 0.05) is 5.56 Å². The molecule has 4 rings (SSSR count). The summed E-state index contributed by atoms with van der Waals surface area (Å²) in [5, 5.41) is 0. The Balaban J connectivity index is 1.88. The van der Waals surface area contributed by atoms with Crippen LogP contribution in [0, 0.1) is 0 Å². The number of hydrogen-bond acceptors (Lipinski definition) is 5. The summed E-state index contributed by atoms with van der Waals surface area (Å²) in [5.41, 5.74) is -0.664. The molecular formula is C27H29NO5S. The smallest absolute Gasteiger partial charge is 0.413 e. The van der Waals surface area contributed by atoms with E-state index in [9.17, 15) is 13.2 Å². The highest BCUT2D eigenvalue weighted by atomic mass is 32.2. The van der Waals surface area contributed by atoms with Crippen molar-refractivity contribution in [3.8, 4) is 0 Å². The molecule has 1 fully saturated rings. The van der Waals surface area contributed by atoms with Crippen molar-refractivity contribution in [1.29, 1.82) is 0 Å². The molecule has 1 saturated heterocycles. The number of amides is 1. The van der Waals surface area contributed by atoms with Crippen LogP contribution in [0.15, 0.2) is 95.9 Å². The molecule has 0 bridgehead atoms. The molecular weight excluding hydrogens is 450 g/mol. The molecule has 0 radical (unpaired) electrons. The summed E-state index contributed by atoms with van der Waals surface area (Å²) < 4.78 is 39.2. The summed E-state index contributed by atoms with van der Waals surface area (Å²) in [5.74, 6) is -0.351. The molecule has 0 spiro atoms. The van der Waals surface area contributed by atoms with Crippen LogP contribution in [0.4, 0.5) is 4.79 Å². The first-order valence-corrected chi connectivity index (χ1v) is 12.8. The Bertz CT molecular complexity index is 1220. The van der Waals surface area contributed by atoms with Crippen molar-refractivity contribution in [2.24, 2.45) is 0 Å². The Kier molecular flexibility index (Phi) is 6.51. The lowest BCUT2D eigenvalue weighted by Crippen LogP contribution is -2.53. The predicted octanol–water partition coefficient (Wildman–Crippen LogP) is 5.32. The van der Waals surface area contributed by atoms with E-state index in [0.717, 1.165) is 5.56 Å². The van der Waals surface area contributed by atoms with E-state index in [1.165, 1.54) is 4.90 Å². The molecule has 34 heavy (non-hydrogen) atoms. The van der Waals surface area contributed by atoms with Gasteiger partial charge in [-0.05, 0) is 38.5 Å². The van der Waals surface area contributed by atoms with Crippen molar-refractivity contribution in [3.63, 3.8) is 0 Å². The first-order valence-electron chi connectivity index (χ1n) is 11.1. The number of sulfone groups is 1. The maximum absolute atomic E-state index is 13.7. The number of benzene rings is 3. The van der Waals surface area contributed by atoms with E-state index in [1.54, 1.807) is 51.1 Å². The molecule has 2 unspecified atom stereocenters. The molecule has 0 N–H and O–H groups in total. The number of nitrogens with zero attached hydrogens (tertiary/aromatic N) is 1. The average molecular weight is 480 g/mol. The van der Waals surface area contributed by atoms with Crippen LogP contribution in [0.5, 0.6) is 0 Å². The molecule has 0 aliphatic carbocycles. The van der Waals surface area contributed by atoms with Crippen LogP contribution in [0.1, 0.15) is 38.1 Å². The number of rotatable bonds is 5. The van der Waals surface area contributed by atoms with E-state index >= 15 is 0 Å². The highest BCUT2D eigenvalue weighted by Gasteiger charge is 2.55. The van der Waals surface area contributed by atoms with Gasteiger partial charge in [-0.2, -0.15) is 0 Å². The minimum Gasteiger partial charge on any atom is -0.444 e. The van der Waals surface area contributed by atoms with Gasteiger partial charge in [-0.3, -0.25) is 4.90 Å². The number of hydrogen-bond donors (Lipinski definition) is 0. The Morgan fingerprint density at radius 1 is 0.941 bits per heavy atom. The Hall–Kier alpha value is -3.16. The highest BCUT2D eigenvalue weighted by Crippen LogP contribution is 2.46. The lowest BCUT2D eigenvalue weighted by molar-refractivity contribution is -0.0217. The summed E-state index contributed by atoms with van der Waals surface area (Å²) >= 11 is 0. The summed E-state index contributed by atoms with van der Waals surface area (Å²) in [4.78, 5) is 15.3. The third-order valence-corrected chi connectivity index (χ3v) is 7.54. The van der Waals surface area contributed by atoms with Crippen molar-refractivity contribution >= 4 is 15.9 Å². The molecule has 1 aliphatic rings. The van der Waals surface area contributed by atoms with E-state index in [0.29, 0.717) is 5.56 Å². The molecule has 0 saturated carbocycles. The summed E-state index contributed by atoms with van der Waals surface area (Å²) in [6.45, 7) is 5.35. The maximum Gasteiger partial charge on any atom is 0.413 e. The molecule has 7 heteroatoms. The normalized spacial score (nSPS) is 20.8. The van der Waals surface area contributed by atoms with E-state index in [1.807, 2.05) is 60.7 Å². The highest BCUT2D eigenvalue weighted by molar-refractivity contribution is 7.91. The fourth-order valence-electron chi connectivity index (χ4n) is 4.22. The summed E-state index contributed by atoms with van der Waals surface area (Å²) in [7, 11) is -3.80. The predicted molar refractivity (Wildman–Crippen MR) is 130 cm³/mol. The third kappa shape index (κ3) is 4.86. The van der Waals surface area contributed by atoms with Crippen LogP contribution in [-0.4, -0.2) is 37.4 Å². The molecule has 1 amide bonds. The third-order valence-electron chi connectivity index (χ3n) is 5.69. The van der Waals surface area contributed by atoms with Crippen LogP contribution >= 0.6 is 0 Å². The van der Waals surface area contributed by atoms with Crippen LogP contribution in [-0.2, 0) is 24.8 Å². The van der Waals surface area contributed by atoms with E-state index < -0.39 is 33.3 Å². The van der Waals surface area contributed by atoms with E-state index in [2.05, 4.69) is 0 Å². The molecule has 1 aliphatic heterocycles. The van der Waals surface area contributed by atoms with Crippen LogP contribution < -0.4 is 0 Å². The standard InChI is InChI=1S/C27H29NO5S/c1-26(2,3)33-25(29)28-24(21-13-7-4-8-14-21)32-19-27(28,22-15-9-5-10-16-22)20-34(30,31)23-17-11-6-12-18-23/h4-18,24H,19-20H2,1-3H3. The van der Waals surface area contributed by atoms with Gasteiger partial charge in [-0.25, -0.2) is 13.2 Å². The molecule has 6 nitrogen and oxygen atoms in total. The van der Waals surface area contributed by atoms with Gasteiger partial charge < -0.3 is 9.47 Å². The molecule has 2 atom stereocenters. The van der Waals surface area contributed by atoms with Gasteiger partial charge in [0.05, 0.1) is 17.3 Å². The monoisotopic (exact) mass is 479 g/mol. The van der Waals surface area contributed by atoms with Gasteiger partial charge in [-0.1, -0.05) is 78.9 Å². The largest absolute Gasteiger partial charge is 0.444 e. The summed E-state index contributed by atoms with van der Waals surface area (Å²) in [6, 6.07) is 26.7. The zero-order valence-electron chi connectivity index (χ0n) is 19.5. The van der Waals surface area contributed by atoms with Gasteiger partial charge in [0.15, 0.2) is 16.1 Å². The lowest BCUT2D eigenvalue weighted by atomic mass is 9.91. The number of ether oxygens (including phenoxy) is 2. The molecule has 3 aromatic carbocycles. The second-order valence-corrected chi connectivity index (χ2v) is 11.4. The second-order valence-electron chi connectivity index (χ2n) is 9.39. The first-order chi connectivity index (χ1) is 16.1. The lowest BCUT2D eigenvalue weighted by Gasteiger charge is -2.39. The van der Waals surface area contributed by atoms with Gasteiger partial charge in [0.1, 0.15) is 11.1 Å². The molecule has 3 aromatic rings. The van der Waals surface area contributed by atoms with Crippen molar-refractivity contribution in [2.75, 3.05) is 12.4 Å². The van der Waals surface area contributed by atoms with E-state index in [-0.39, 0.29) is 17.3 Å². The van der Waals surface area contributed by atoms with Crippen molar-refractivity contribution < 1.29 is 22.7 Å². The SMILES string of the molecule is CC(C)(C)OC(=O)N1C(c2ccccc2)OCC1(CS(=O)(=O)c1ccccc1)c1ccccc1. The van der Waals surface area contributed by atoms with Gasteiger partial charge in [-0.15, -0.1) is 0 Å². The molecule has 178 valence electrons. The topological polar surface area (TPSA) is 72.9 Å². The van der Waals surface area contributed by atoms with Gasteiger partial charge in [0.25, 0.3) is 0 Å². The zero-order chi connectivity index (χ0) is 24.4. The Morgan fingerprint density at radius 3 is 2.03 bits per heavy atom. The van der Waals surface area contributed by atoms with Crippen molar-refractivity contribution in [3.05, 3.63) is 102 Å². The minimum absolute atomic E-state index is 0.00187. The molecule has 1 heterocycles. The van der Waals surface area contributed by atoms with Crippen molar-refractivity contribution in [2.45, 2.75) is 43.0 Å². The second kappa shape index (κ2) is 9.24. The molecule has 0 aromatic heterocycles. The number of carbonyl (C=O) groups excluding carboxylic acids is 1. The van der Waals surface area contributed by atoms with Crippen LogP contribution in [0.25, 0.3) is 0 Å². The first kappa shape index (κ1) is 24.0. The van der Waals surface area contributed by atoms with Gasteiger partial charge >= 0.3 is 6.09 Å². The zero-order valence-corrected chi connectivity index (χ0v) is 20.4. The Labute approximate surface area is 201 Å². The van der Waals surface area contributed by atoms with Gasteiger partial charge in [0.2, 0.25) is 0 Å². The average Bonchev–Trinajstić information content (AvgIpc) is 3.19. The van der Waals surface area contributed by atoms with Crippen molar-refractivity contribution in [1.82, 2.24) is 4.90 Å². The van der Waals surface area contributed by atoms with Crippen LogP contribution in [0.2, 0.25) is 0 Å². The quantitative estimate of drug-likeness (QED) is 0.495. The summed E-state index contributed by atoms with van der Waals surface area (Å²) in [6.07, 6.45) is -1.44. The maximum atomic E-state index is 13.7.